The van der Waals surface area contributed by atoms with Crippen LogP contribution in [0.2, 0.25) is 0 Å². The van der Waals surface area contributed by atoms with Crippen LogP contribution in [0.3, 0.4) is 0 Å². The van der Waals surface area contributed by atoms with Crippen molar-refractivity contribution in [2.45, 2.75) is 37.5 Å². The van der Waals surface area contributed by atoms with Crippen LogP contribution in [0.4, 0.5) is 23.2 Å². The van der Waals surface area contributed by atoms with Gasteiger partial charge in [0, 0.05) is 42.8 Å². The molecule has 4 nitrogen and oxygen atoms in total. The van der Waals surface area contributed by atoms with E-state index in [-0.39, 0.29) is 36.1 Å². The largest absolute Gasteiger partial charge is 0.420 e. The van der Waals surface area contributed by atoms with Gasteiger partial charge in [-0.3, -0.25) is 4.79 Å². The van der Waals surface area contributed by atoms with E-state index in [1.165, 1.54) is 21.7 Å². The molecule has 4 rings (SSSR count). The van der Waals surface area contributed by atoms with Gasteiger partial charge in [-0.25, -0.2) is 4.39 Å². The predicted octanol–water partition coefficient (Wildman–Crippen LogP) is 3.03. The number of nitrogens with zero attached hydrogens (tertiary/aromatic N) is 2. The molecule has 1 aromatic carbocycles. The number of nitrogens with two attached hydrogens (primary N) is 1. The first-order valence-electron chi connectivity index (χ1n) is 8.22. The summed E-state index contributed by atoms with van der Waals surface area (Å²) in [4.78, 5) is 13.5. The molecule has 1 aromatic heterocycles. The molecule has 0 amide bonds. The van der Waals surface area contributed by atoms with E-state index in [1.54, 1.807) is 0 Å². The highest BCUT2D eigenvalue weighted by Crippen LogP contribution is 2.46. The average Bonchev–Trinajstić information content (AvgIpc) is 3.27. The van der Waals surface area contributed by atoms with Crippen LogP contribution >= 0.6 is 0 Å². The zero-order chi connectivity index (χ0) is 17.9. The topological polar surface area (TPSA) is 51.3 Å². The van der Waals surface area contributed by atoms with Crippen molar-refractivity contribution in [3.63, 3.8) is 0 Å². The van der Waals surface area contributed by atoms with E-state index in [0.29, 0.717) is 6.42 Å². The Morgan fingerprint density at radius 2 is 1.92 bits per heavy atom. The van der Waals surface area contributed by atoms with Crippen molar-refractivity contribution in [2.24, 2.45) is 5.73 Å². The molecule has 1 atom stereocenters. The Balaban J connectivity index is 2.09. The van der Waals surface area contributed by atoms with E-state index in [4.69, 9.17) is 5.73 Å². The van der Waals surface area contributed by atoms with Crippen molar-refractivity contribution in [1.82, 2.24) is 4.57 Å². The number of halogens is 4. The Bertz CT molecular complexity index is 901. The Morgan fingerprint density at radius 1 is 1.20 bits per heavy atom. The van der Waals surface area contributed by atoms with Crippen molar-refractivity contribution < 1.29 is 17.6 Å². The second-order valence-electron chi connectivity index (χ2n) is 6.79. The third-order valence-electron chi connectivity index (χ3n) is 4.90. The van der Waals surface area contributed by atoms with Gasteiger partial charge >= 0.3 is 6.18 Å². The molecule has 0 spiro atoms. The molecule has 2 aromatic rings. The molecule has 0 radical (unpaired) electrons. The van der Waals surface area contributed by atoms with Crippen LogP contribution in [-0.2, 0) is 6.18 Å². The second kappa shape index (κ2) is 5.45. The summed E-state index contributed by atoms with van der Waals surface area (Å²) in [5.74, 6) is -1.03. The summed E-state index contributed by atoms with van der Waals surface area (Å²) in [6, 6.07) is 1.76. The molecule has 2 heterocycles. The first-order chi connectivity index (χ1) is 11.8. The zero-order valence-corrected chi connectivity index (χ0v) is 13.3. The number of fused-ring (bicyclic) bond motifs is 1. The van der Waals surface area contributed by atoms with Gasteiger partial charge in [0.1, 0.15) is 11.4 Å². The molecule has 2 fully saturated rings. The first-order valence-corrected chi connectivity index (χ1v) is 8.22. The highest BCUT2D eigenvalue weighted by Gasteiger charge is 2.42. The molecular weight excluding hydrogens is 338 g/mol. The lowest BCUT2D eigenvalue weighted by Gasteiger charge is -2.26. The fourth-order valence-electron chi connectivity index (χ4n) is 3.62. The smallest absolute Gasteiger partial charge is 0.367 e. The molecule has 2 N–H and O–H groups in total. The minimum atomic E-state index is -4.78. The summed E-state index contributed by atoms with van der Waals surface area (Å²) < 4.78 is 58.1. The number of hydrogen-bond donors (Lipinski definition) is 1. The van der Waals surface area contributed by atoms with E-state index >= 15 is 0 Å². The molecule has 1 saturated heterocycles. The molecule has 1 saturated carbocycles. The lowest BCUT2D eigenvalue weighted by molar-refractivity contribution is -0.136. The van der Waals surface area contributed by atoms with Crippen LogP contribution in [0, 0.1) is 5.82 Å². The number of benzene rings is 1. The quantitative estimate of drug-likeness (QED) is 0.843. The van der Waals surface area contributed by atoms with Gasteiger partial charge in [-0.1, -0.05) is 0 Å². The van der Waals surface area contributed by atoms with Crippen molar-refractivity contribution in [3.05, 3.63) is 39.9 Å². The summed E-state index contributed by atoms with van der Waals surface area (Å²) >= 11 is 0. The van der Waals surface area contributed by atoms with Crippen LogP contribution in [0.25, 0.3) is 10.9 Å². The SMILES string of the molecule is NC1CCN(c2c(F)cc3c(=O)ccn(C4CC4)c3c2C(F)(F)F)C1. The average molecular weight is 355 g/mol. The standard InChI is InChI=1S/C17H17F4N3O/c18-12-7-11-13(25)4-6-24(10-1-2-10)15(11)14(17(19,20)21)16(12)23-5-3-9(22)8-23/h4,6-7,9-10H,1-3,5,8,22H2. The van der Waals surface area contributed by atoms with Crippen molar-refractivity contribution in [3.8, 4) is 0 Å². The zero-order valence-electron chi connectivity index (χ0n) is 13.3. The van der Waals surface area contributed by atoms with Crippen molar-refractivity contribution in [2.75, 3.05) is 18.0 Å². The molecule has 0 bridgehead atoms. The Hall–Kier alpha value is -2.09. The van der Waals surface area contributed by atoms with Gasteiger partial charge in [-0.15, -0.1) is 0 Å². The number of alkyl halides is 3. The summed E-state index contributed by atoms with van der Waals surface area (Å²) in [6.07, 6.45) is -1.41. The van der Waals surface area contributed by atoms with Gasteiger partial charge in [0.15, 0.2) is 5.43 Å². The monoisotopic (exact) mass is 355 g/mol. The molecule has 2 aliphatic rings. The molecule has 1 unspecified atom stereocenters. The second-order valence-corrected chi connectivity index (χ2v) is 6.79. The Kier molecular flexibility index (Phi) is 3.57. The lowest BCUT2D eigenvalue weighted by atomic mass is 10.0. The normalized spacial score (nSPS) is 21.3. The molecule has 1 aliphatic heterocycles. The van der Waals surface area contributed by atoms with Gasteiger partial charge in [0.25, 0.3) is 0 Å². The summed E-state index contributed by atoms with van der Waals surface area (Å²) in [7, 11) is 0. The number of pyridine rings is 1. The van der Waals surface area contributed by atoms with Crippen molar-refractivity contribution >= 4 is 16.6 Å². The maximum Gasteiger partial charge on any atom is 0.420 e. The van der Waals surface area contributed by atoms with E-state index < -0.39 is 28.7 Å². The van der Waals surface area contributed by atoms with Crippen LogP contribution in [0.15, 0.2) is 23.1 Å². The summed E-state index contributed by atoms with van der Waals surface area (Å²) in [5.41, 5.74) is 3.40. The minimum Gasteiger partial charge on any atom is -0.367 e. The third kappa shape index (κ3) is 2.68. The van der Waals surface area contributed by atoms with E-state index in [0.717, 1.165) is 18.9 Å². The van der Waals surface area contributed by atoms with Crippen LogP contribution < -0.4 is 16.1 Å². The van der Waals surface area contributed by atoms with Gasteiger partial charge in [0.2, 0.25) is 0 Å². The third-order valence-corrected chi connectivity index (χ3v) is 4.90. The van der Waals surface area contributed by atoms with Crippen molar-refractivity contribution in [1.29, 1.82) is 0 Å². The van der Waals surface area contributed by atoms with Crippen LogP contribution in [0.5, 0.6) is 0 Å². The van der Waals surface area contributed by atoms with E-state index in [2.05, 4.69) is 0 Å². The first kappa shape index (κ1) is 16.4. The molecular formula is C17H17F4N3O. The van der Waals surface area contributed by atoms with E-state index in [9.17, 15) is 22.4 Å². The molecule has 25 heavy (non-hydrogen) atoms. The lowest BCUT2D eigenvalue weighted by Crippen LogP contribution is -2.29. The fourth-order valence-corrected chi connectivity index (χ4v) is 3.62. The van der Waals surface area contributed by atoms with Gasteiger partial charge in [-0.2, -0.15) is 13.2 Å². The number of anilines is 1. The number of aromatic nitrogens is 1. The highest BCUT2D eigenvalue weighted by molar-refractivity contribution is 5.89. The molecule has 8 heteroatoms. The Labute approximate surface area is 140 Å². The number of hydrogen-bond acceptors (Lipinski definition) is 3. The maximum absolute atomic E-state index is 14.7. The maximum atomic E-state index is 14.7. The van der Waals surface area contributed by atoms with Gasteiger partial charge in [-0.05, 0) is 25.3 Å². The van der Waals surface area contributed by atoms with E-state index in [1.807, 2.05) is 0 Å². The predicted molar refractivity (Wildman–Crippen MR) is 86.2 cm³/mol. The highest BCUT2D eigenvalue weighted by atomic mass is 19.4. The fraction of sp³-hybridized carbons (Fsp3) is 0.471. The minimum absolute atomic E-state index is 0.0802. The number of rotatable bonds is 2. The Morgan fingerprint density at radius 3 is 2.48 bits per heavy atom. The molecule has 1 aliphatic carbocycles. The van der Waals surface area contributed by atoms with Crippen LogP contribution in [0.1, 0.15) is 30.9 Å². The van der Waals surface area contributed by atoms with Crippen LogP contribution in [-0.4, -0.2) is 23.7 Å². The molecule has 134 valence electrons. The van der Waals surface area contributed by atoms with Gasteiger partial charge in [0.05, 0.1) is 11.2 Å². The summed E-state index contributed by atoms with van der Waals surface area (Å²) in [6.45, 7) is 0.416. The van der Waals surface area contributed by atoms with Gasteiger partial charge < -0.3 is 15.2 Å². The summed E-state index contributed by atoms with van der Waals surface area (Å²) in [5, 5.41) is -0.230.